The Kier molecular flexibility index (Phi) is 3.51. The zero-order valence-electron chi connectivity index (χ0n) is 9.12. The monoisotopic (exact) mass is 221 g/mol. The van der Waals surface area contributed by atoms with Crippen LogP contribution in [0.4, 0.5) is 4.39 Å². The number of alkyl halides is 1. The van der Waals surface area contributed by atoms with Crippen molar-refractivity contribution in [1.29, 1.82) is 5.41 Å². The van der Waals surface area contributed by atoms with Gasteiger partial charge in [0.2, 0.25) is 0 Å². The number of rotatable bonds is 2. The van der Waals surface area contributed by atoms with Gasteiger partial charge < -0.3 is 10.2 Å². The SMILES string of the molecule is N=C(c1ccccc1)N1CCNC(CF)C1. The largest absolute Gasteiger partial charge is 0.354 e. The van der Waals surface area contributed by atoms with Crippen LogP contribution >= 0.6 is 0 Å². The molecule has 1 aromatic carbocycles. The van der Waals surface area contributed by atoms with Gasteiger partial charge in [0.1, 0.15) is 12.5 Å². The molecular formula is C12H16FN3. The molecule has 1 aromatic rings. The minimum absolute atomic E-state index is 0.141. The summed E-state index contributed by atoms with van der Waals surface area (Å²) in [5.74, 6) is 0.487. The van der Waals surface area contributed by atoms with Crippen molar-refractivity contribution in [2.45, 2.75) is 6.04 Å². The van der Waals surface area contributed by atoms with Gasteiger partial charge in [-0.25, -0.2) is 4.39 Å². The van der Waals surface area contributed by atoms with Crippen molar-refractivity contribution in [3.63, 3.8) is 0 Å². The molecule has 16 heavy (non-hydrogen) atoms. The third-order valence-corrected chi connectivity index (χ3v) is 2.81. The Bertz CT molecular complexity index is 353. The lowest BCUT2D eigenvalue weighted by atomic mass is 10.1. The molecule has 2 rings (SSSR count). The van der Waals surface area contributed by atoms with E-state index in [1.807, 2.05) is 35.2 Å². The van der Waals surface area contributed by atoms with E-state index in [4.69, 9.17) is 5.41 Å². The highest BCUT2D eigenvalue weighted by Gasteiger charge is 2.21. The van der Waals surface area contributed by atoms with Crippen molar-refractivity contribution >= 4 is 5.84 Å². The molecule has 1 aliphatic rings. The first kappa shape index (κ1) is 11.1. The van der Waals surface area contributed by atoms with Gasteiger partial charge in [0.25, 0.3) is 0 Å². The highest BCUT2D eigenvalue weighted by atomic mass is 19.1. The van der Waals surface area contributed by atoms with Crippen molar-refractivity contribution in [2.24, 2.45) is 0 Å². The van der Waals surface area contributed by atoms with E-state index in [0.717, 1.165) is 18.7 Å². The Balaban J connectivity index is 2.05. The predicted octanol–water partition coefficient (Wildman–Crippen LogP) is 1.26. The molecule has 1 fully saturated rings. The molecule has 2 N–H and O–H groups in total. The van der Waals surface area contributed by atoms with Crippen LogP contribution in [0.3, 0.4) is 0 Å². The average Bonchev–Trinajstić information content (AvgIpc) is 2.39. The molecule has 1 saturated heterocycles. The Morgan fingerprint density at radius 3 is 2.88 bits per heavy atom. The van der Waals surface area contributed by atoms with Crippen LogP contribution in [0.1, 0.15) is 5.56 Å². The molecule has 0 radical (unpaired) electrons. The summed E-state index contributed by atoms with van der Waals surface area (Å²) < 4.78 is 12.6. The van der Waals surface area contributed by atoms with Crippen LogP contribution in [0.2, 0.25) is 0 Å². The summed E-state index contributed by atoms with van der Waals surface area (Å²) in [6.45, 7) is 1.71. The first-order chi connectivity index (χ1) is 7.81. The van der Waals surface area contributed by atoms with Crippen molar-refractivity contribution < 1.29 is 4.39 Å². The highest BCUT2D eigenvalue weighted by molar-refractivity contribution is 5.96. The van der Waals surface area contributed by atoms with Crippen LogP contribution < -0.4 is 5.32 Å². The van der Waals surface area contributed by atoms with E-state index in [2.05, 4.69) is 5.32 Å². The quantitative estimate of drug-likeness (QED) is 0.583. The normalized spacial score (nSPS) is 20.8. The number of piperazine rings is 1. The minimum atomic E-state index is -0.376. The van der Waals surface area contributed by atoms with Crippen molar-refractivity contribution in [1.82, 2.24) is 10.2 Å². The Morgan fingerprint density at radius 2 is 2.19 bits per heavy atom. The van der Waals surface area contributed by atoms with Gasteiger partial charge in [-0.3, -0.25) is 5.41 Å². The summed E-state index contributed by atoms with van der Waals surface area (Å²) in [4.78, 5) is 1.93. The molecule has 4 heteroatoms. The molecule has 1 aliphatic heterocycles. The van der Waals surface area contributed by atoms with E-state index in [1.165, 1.54) is 0 Å². The van der Waals surface area contributed by atoms with Gasteiger partial charge in [-0.15, -0.1) is 0 Å². The molecule has 0 aliphatic carbocycles. The highest BCUT2D eigenvalue weighted by Crippen LogP contribution is 2.07. The Morgan fingerprint density at radius 1 is 1.44 bits per heavy atom. The fraction of sp³-hybridized carbons (Fsp3) is 0.417. The zero-order chi connectivity index (χ0) is 11.4. The molecular weight excluding hydrogens is 205 g/mol. The van der Waals surface area contributed by atoms with Gasteiger partial charge in [0.15, 0.2) is 0 Å². The van der Waals surface area contributed by atoms with Crippen LogP contribution in [-0.4, -0.2) is 43.1 Å². The van der Waals surface area contributed by atoms with Gasteiger partial charge in [0, 0.05) is 25.2 Å². The predicted molar refractivity (Wildman–Crippen MR) is 62.6 cm³/mol. The molecule has 1 heterocycles. The molecule has 0 amide bonds. The third-order valence-electron chi connectivity index (χ3n) is 2.81. The topological polar surface area (TPSA) is 39.1 Å². The summed E-state index contributed by atoms with van der Waals surface area (Å²) in [6.07, 6.45) is 0. The minimum Gasteiger partial charge on any atom is -0.354 e. The van der Waals surface area contributed by atoms with Gasteiger partial charge in [-0.05, 0) is 0 Å². The molecule has 0 aromatic heterocycles. The van der Waals surface area contributed by atoms with Crippen molar-refractivity contribution in [3.05, 3.63) is 35.9 Å². The zero-order valence-corrected chi connectivity index (χ0v) is 9.12. The molecule has 0 spiro atoms. The maximum absolute atomic E-state index is 12.6. The fourth-order valence-electron chi connectivity index (χ4n) is 1.91. The summed E-state index contributed by atoms with van der Waals surface area (Å²) in [7, 11) is 0. The number of nitrogens with zero attached hydrogens (tertiary/aromatic N) is 1. The number of hydrogen-bond donors (Lipinski definition) is 2. The third kappa shape index (κ3) is 2.39. The van der Waals surface area contributed by atoms with E-state index in [-0.39, 0.29) is 12.7 Å². The van der Waals surface area contributed by atoms with Crippen LogP contribution in [0.5, 0.6) is 0 Å². The molecule has 3 nitrogen and oxygen atoms in total. The smallest absolute Gasteiger partial charge is 0.128 e. The Hall–Kier alpha value is -1.42. The van der Waals surface area contributed by atoms with E-state index < -0.39 is 0 Å². The molecule has 0 bridgehead atoms. The van der Waals surface area contributed by atoms with Crippen LogP contribution in [0, 0.1) is 5.41 Å². The summed E-state index contributed by atoms with van der Waals surface area (Å²) >= 11 is 0. The lowest BCUT2D eigenvalue weighted by Gasteiger charge is -2.34. The second kappa shape index (κ2) is 5.07. The standard InChI is InChI=1S/C12H16FN3/c13-8-11-9-16(7-6-15-11)12(14)10-4-2-1-3-5-10/h1-5,11,14-15H,6-9H2. The van der Waals surface area contributed by atoms with Gasteiger partial charge >= 0.3 is 0 Å². The maximum Gasteiger partial charge on any atom is 0.128 e. The molecule has 86 valence electrons. The van der Waals surface area contributed by atoms with E-state index in [1.54, 1.807) is 0 Å². The number of amidine groups is 1. The van der Waals surface area contributed by atoms with E-state index in [9.17, 15) is 4.39 Å². The lowest BCUT2D eigenvalue weighted by molar-refractivity contribution is 0.252. The van der Waals surface area contributed by atoms with Crippen molar-refractivity contribution in [2.75, 3.05) is 26.3 Å². The van der Waals surface area contributed by atoms with Crippen LogP contribution in [-0.2, 0) is 0 Å². The number of nitrogens with one attached hydrogen (secondary N) is 2. The fourth-order valence-corrected chi connectivity index (χ4v) is 1.91. The Labute approximate surface area is 94.8 Å². The van der Waals surface area contributed by atoms with Crippen LogP contribution in [0.15, 0.2) is 30.3 Å². The summed E-state index contributed by atoms with van der Waals surface area (Å²) in [6, 6.07) is 9.44. The number of benzene rings is 1. The van der Waals surface area contributed by atoms with E-state index in [0.29, 0.717) is 12.4 Å². The summed E-state index contributed by atoms with van der Waals surface area (Å²) in [5, 5.41) is 11.2. The number of halogens is 1. The molecule has 1 unspecified atom stereocenters. The van der Waals surface area contributed by atoms with Crippen molar-refractivity contribution in [3.8, 4) is 0 Å². The second-order valence-corrected chi connectivity index (χ2v) is 3.97. The molecule has 1 atom stereocenters. The van der Waals surface area contributed by atoms with Crippen LogP contribution in [0.25, 0.3) is 0 Å². The number of hydrogen-bond acceptors (Lipinski definition) is 2. The maximum atomic E-state index is 12.6. The van der Waals surface area contributed by atoms with Gasteiger partial charge in [-0.2, -0.15) is 0 Å². The first-order valence-electron chi connectivity index (χ1n) is 5.49. The van der Waals surface area contributed by atoms with E-state index >= 15 is 0 Å². The van der Waals surface area contributed by atoms with Gasteiger partial charge in [0.05, 0.1) is 6.04 Å². The van der Waals surface area contributed by atoms with Gasteiger partial charge in [-0.1, -0.05) is 30.3 Å². The second-order valence-electron chi connectivity index (χ2n) is 3.97. The summed E-state index contributed by atoms with van der Waals surface area (Å²) in [5.41, 5.74) is 0.891. The first-order valence-corrected chi connectivity index (χ1v) is 5.49. The molecule has 0 saturated carbocycles. The lowest BCUT2D eigenvalue weighted by Crippen LogP contribution is -2.53. The average molecular weight is 221 g/mol.